The molecule has 1 aliphatic rings. The smallest absolute Gasteiger partial charge is 0.166 e. The third kappa shape index (κ3) is 5.36. The second kappa shape index (κ2) is 9.08. The van der Waals surface area contributed by atoms with E-state index in [1.165, 1.54) is 37.7 Å². The molecule has 4 nitrogen and oxygen atoms in total. The molecule has 0 saturated heterocycles. The number of methoxy groups -OCH3 is 1. The van der Waals surface area contributed by atoms with E-state index in [9.17, 15) is 0 Å². The minimum absolute atomic E-state index is 0.206. The van der Waals surface area contributed by atoms with E-state index in [0.717, 1.165) is 17.4 Å². The van der Waals surface area contributed by atoms with E-state index >= 15 is 0 Å². The molecule has 128 valence electrons. The highest BCUT2D eigenvalue weighted by atomic mass is 32.1. The van der Waals surface area contributed by atoms with Gasteiger partial charge in [0.2, 0.25) is 0 Å². The second-order valence-electron chi connectivity index (χ2n) is 6.41. The fourth-order valence-corrected chi connectivity index (χ4v) is 3.44. The molecule has 23 heavy (non-hydrogen) atoms. The summed E-state index contributed by atoms with van der Waals surface area (Å²) in [7, 11) is 5.88. The van der Waals surface area contributed by atoms with Crippen molar-refractivity contribution in [2.45, 2.75) is 44.2 Å². The van der Waals surface area contributed by atoms with Crippen LogP contribution in [0.3, 0.4) is 0 Å². The van der Waals surface area contributed by atoms with Crippen LogP contribution in [0.2, 0.25) is 0 Å². The summed E-state index contributed by atoms with van der Waals surface area (Å²) in [5.41, 5.74) is 1.17. The normalized spacial score (nSPS) is 16.9. The molecular weight excluding hydrogens is 306 g/mol. The van der Waals surface area contributed by atoms with Crippen molar-refractivity contribution in [2.24, 2.45) is 0 Å². The fraction of sp³-hybridized carbons (Fsp3) is 0.611. The molecular formula is C18H29N3OS. The van der Waals surface area contributed by atoms with Crippen LogP contribution in [0, 0.1) is 0 Å². The molecule has 1 fully saturated rings. The van der Waals surface area contributed by atoms with Crippen LogP contribution in [-0.2, 0) is 0 Å². The van der Waals surface area contributed by atoms with E-state index in [4.69, 9.17) is 17.0 Å². The van der Waals surface area contributed by atoms with Crippen molar-refractivity contribution in [3.63, 3.8) is 0 Å². The van der Waals surface area contributed by atoms with Crippen LogP contribution in [0.25, 0.3) is 0 Å². The number of rotatable bonds is 6. The molecule has 5 heteroatoms. The summed E-state index contributed by atoms with van der Waals surface area (Å²) in [4.78, 5) is 2.19. The second-order valence-corrected chi connectivity index (χ2v) is 6.82. The van der Waals surface area contributed by atoms with Crippen molar-refractivity contribution in [1.82, 2.24) is 15.5 Å². The summed E-state index contributed by atoms with van der Waals surface area (Å²) >= 11 is 5.48. The number of likely N-dealkylation sites (N-methyl/N-ethyl adjacent to an activating group) is 1. The van der Waals surface area contributed by atoms with Gasteiger partial charge >= 0.3 is 0 Å². The average molecular weight is 336 g/mol. The van der Waals surface area contributed by atoms with Crippen molar-refractivity contribution < 1.29 is 4.74 Å². The lowest BCUT2D eigenvalue weighted by molar-refractivity contribution is 0.287. The first-order valence-corrected chi connectivity index (χ1v) is 8.86. The summed E-state index contributed by atoms with van der Waals surface area (Å²) in [5, 5.41) is 7.61. The molecule has 0 aliphatic heterocycles. The molecule has 1 aromatic carbocycles. The van der Waals surface area contributed by atoms with E-state index in [2.05, 4.69) is 35.7 Å². The topological polar surface area (TPSA) is 36.5 Å². The van der Waals surface area contributed by atoms with Gasteiger partial charge in [0.25, 0.3) is 0 Å². The van der Waals surface area contributed by atoms with E-state index in [0.29, 0.717) is 6.04 Å². The van der Waals surface area contributed by atoms with Gasteiger partial charge in [-0.25, -0.2) is 0 Å². The van der Waals surface area contributed by atoms with E-state index in [1.54, 1.807) is 7.11 Å². The van der Waals surface area contributed by atoms with Crippen molar-refractivity contribution in [2.75, 3.05) is 27.7 Å². The number of nitrogens with zero attached hydrogens (tertiary/aromatic N) is 1. The lowest BCUT2D eigenvalue weighted by Gasteiger charge is -2.29. The minimum atomic E-state index is 0.206. The zero-order chi connectivity index (χ0) is 16.7. The lowest BCUT2D eigenvalue weighted by atomic mass is 9.96. The summed E-state index contributed by atoms with van der Waals surface area (Å²) in [6.45, 7) is 0.756. The molecule has 2 rings (SSSR count). The van der Waals surface area contributed by atoms with Crippen LogP contribution in [0.15, 0.2) is 24.3 Å². The van der Waals surface area contributed by atoms with Crippen molar-refractivity contribution in [3.05, 3.63) is 29.8 Å². The summed E-state index contributed by atoms with van der Waals surface area (Å²) in [5.74, 6) is 0.916. The Hall–Kier alpha value is -1.33. The maximum absolute atomic E-state index is 5.50. The summed E-state index contributed by atoms with van der Waals surface area (Å²) < 4.78 is 5.50. The standard InChI is InChI=1S/C18H29N3OS/c1-21(2)16(15-11-7-8-12-17(15)22-3)13-19-18(23)20-14-9-5-4-6-10-14/h7-8,11-12,14,16H,4-6,9-10,13H2,1-3H3,(H2,19,20,23)/t16-/m0/s1. The van der Waals surface area contributed by atoms with E-state index < -0.39 is 0 Å². The quantitative estimate of drug-likeness (QED) is 0.781. The van der Waals surface area contributed by atoms with Crippen LogP contribution in [0.1, 0.15) is 43.7 Å². The highest BCUT2D eigenvalue weighted by Crippen LogP contribution is 2.27. The molecule has 0 heterocycles. The number of benzene rings is 1. The number of hydrogen-bond acceptors (Lipinski definition) is 3. The molecule has 0 amide bonds. The predicted octanol–water partition coefficient (Wildman–Crippen LogP) is 3.09. The van der Waals surface area contributed by atoms with Gasteiger partial charge in [0.05, 0.1) is 13.2 Å². The first-order chi connectivity index (χ1) is 11.1. The van der Waals surface area contributed by atoms with Gasteiger partial charge in [-0.15, -0.1) is 0 Å². The van der Waals surface area contributed by atoms with Crippen molar-refractivity contribution >= 4 is 17.3 Å². The van der Waals surface area contributed by atoms with Crippen LogP contribution in [-0.4, -0.2) is 43.8 Å². The Bertz CT molecular complexity index is 501. The molecule has 0 spiro atoms. The highest BCUT2D eigenvalue weighted by Gasteiger charge is 2.19. The Morgan fingerprint density at radius 3 is 2.61 bits per heavy atom. The van der Waals surface area contributed by atoms with E-state index in [1.807, 2.05) is 18.2 Å². The molecule has 0 radical (unpaired) electrons. The van der Waals surface area contributed by atoms with Gasteiger partial charge < -0.3 is 20.3 Å². The Morgan fingerprint density at radius 2 is 1.96 bits per heavy atom. The SMILES string of the molecule is COc1ccccc1[C@H](CNC(=S)NC1CCCCC1)N(C)C. The maximum Gasteiger partial charge on any atom is 0.166 e. The first-order valence-electron chi connectivity index (χ1n) is 8.45. The Labute approximate surface area is 145 Å². The third-order valence-corrected chi connectivity index (χ3v) is 4.78. The number of ether oxygens (including phenoxy) is 1. The Morgan fingerprint density at radius 1 is 1.26 bits per heavy atom. The Balaban J connectivity index is 1.93. The van der Waals surface area contributed by atoms with Gasteiger partial charge in [-0.05, 0) is 45.2 Å². The molecule has 0 bridgehead atoms. The summed E-state index contributed by atoms with van der Waals surface area (Å²) in [6, 6.07) is 8.91. The van der Waals surface area contributed by atoms with Crippen LogP contribution in [0.5, 0.6) is 5.75 Å². The van der Waals surface area contributed by atoms with Crippen LogP contribution >= 0.6 is 12.2 Å². The highest BCUT2D eigenvalue weighted by molar-refractivity contribution is 7.80. The van der Waals surface area contributed by atoms with Gasteiger partial charge in [-0.2, -0.15) is 0 Å². The Kier molecular flexibility index (Phi) is 7.12. The molecule has 1 aromatic rings. The molecule has 0 aromatic heterocycles. The van der Waals surface area contributed by atoms with E-state index in [-0.39, 0.29) is 6.04 Å². The number of para-hydroxylation sites is 1. The molecule has 1 atom stereocenters. The van der Waals surface area contributed by atoms with Crippen LogP contribution in [0.4, 0.5) is 0 Å². The minimum Gasteiger partial charge on any atom is -0.496 e. The third-order valence-electron chi connectivity index (χ3n) is 4.52. The molecule has 1 saturated carbocycles. The zero-order valence-electron chi connectivity index (χ0n) is 14.5. The zero-order valence-corrected chi connectivity index (χ0v) is 15.3. The number of thiocarbonyl (C=S) groups is 1. The average Bonchev–Trinajstić information content (AvgIpc) is 2.56. The van der Waals surface area contributed by atoms with Crippen molar-refractivity contribution in [3.8, 4) is 5.75 Å². The fourth-order valence-electron chi connectivity index (χ4n) is 3.19. The predicted molar refractivity (Wildman–Crippen MR) is 100 cm³/mol. The molecule has 2 N–H and O–H groups in total. The number of nitrogens with one attached hydrogen (secondary N) is 2. The largest absolute Gasteiger partial charge is 0.496 e. The first kappa shape index (κ1) is 18.0. The van der Waals surface area contributed by atoms with Gasteiger partial charge in [0.1, 0.15) is 5.75 Å². The monoisotopic (exact) mass is 335 g/mol. The summed E-state index contributed by atoms with van der Waals surface area (Å²) in [6.07, 6.45) is 6.43. The molecule has 0 unspecified atom stereocenters. The van der Waals surface area contributed by atoms with Crippen LogP contribution < -0.4 is 15.4 Å². The lowest BCUT2D eigenvalue weighted by Crippen LogP contribution is -2.45. The van der Waals surface area contributed by atoms with Gasteiger partial charge in [-0.1, -0.05) is 37.5 Å². The number of hydrogen-bond donors (Lipinski definition) is 2. The van der Waals surface area contributed by atoms with Gasteiger partial charge in [0.15, 0.2) is 5.11 Å². The maximum atomic E-state index is 5.50. The van der Waals surface area contributed by atoms with Crippen molar-refractivity contribution in [1.29, 1.82) is 0 Å². The van der Waals surface area contributed by atoms with Gasteiger partial charge in [0, 0.05) is 18.2 Å². The van der Waals surface area contributed by atoms with Gasteiger partial charge in [-0.3, -0.25) is 0 Å². The molecule has 1 aliphatic carbocycles.